The molecule has 0 aliphatic carbocycles. The van der Waals surface area contributed by atoms with Crippen LogP contribution in [0.15, 0.2) is 6.20 Å². The van der Waals surface area contributed by atoms with E-state index >= 15 is 0 Å². The molecule has 0 saturated carbocycles. The van der Waals surface area contributed by atoms with Gasteiger partial charge >= 0.3 is 0 Å². The molecule has 0 unspecified atom stereocenters. The molecule has 0 bridgehead atoms. The summed E-state index contributed by atoms with van der Waals surface area (Å²) in [6.45, 7) is 12.1. The van der Waals surface area contributed by atoms with Crippen molar-refractivity contribution in [3.63, 3.8) is 0 Å². The number of rotatable bonds is 3. The molecule has 1 aromatic heterocycles. The van der Waals surface area contributed by atoms with Crippen LogP contribution < -0.4 is 0 Å². The fourth-order valence-corrected chi connectivity index (χ4v) is 4.45. The van der Waals surface area contributed by atoms with Crippen molar-refractivity contribution >= 4 is 0 Å². The number of fused-ring (bicyclic) bond motifs is 1. The Balaban J connectivity index is 1.44. The maximum atomic E-state index is 5.54. The van der Waals surface area contributed by atoms with Gasteiger partial charge in [0.2, 0.25) is 0 Å². The number of nitrogens with zero attached hydrogens (tertiary/aromatic N) is 5. The molecule has 4 rings (SSSR count). The van der Waals surface area contributed by atoms with E-state index in [2.05, 4.69) is 39.4 Å². The van der Waals surface area contributed by atoms with Crippen LogP contribution in [-0.4, -0.2) is 83.3 Å². The third-order valence-corrected chi connectivity index (χ3v) is 6.06. The lowest BCUT2D eigenvalue weighted by molar-refractivity contribution is 0.00850. The molecule has 24 heavy (non-hydrogen) atoms. The highest BCUT2D eigenvalue weighted by Gasteiger charge is 2.32. The van der Waals surface area contributed by atoms with Crippen molar-refractivity contribution in [3.05, 3.63) is 17.7 Å². The zero-order chi connectivity index (χ0) is 16.5. The van der Waals surface area contributed by atoms with E-state index in [0.717, 1.165) is 32.8 Å². The zero-order valence-electron chi connectivity index (χ0n) is 15.2. The van der Waals surface area contributed by atoms with Crippen molar-refractivity contribution in [2.75, 3.05) is 53.0 Å². The van der Waals surface area contributed by atoms with E-state index in [4.69, 9.17) is 9.72 Å². The number of hydrogen-bond donors (Lipinski definition) is 0. The first kappa shape index (κ1) is 16.5. The molecular weight excluding hydrogens is 302 g/mol. The number of piperazine rings is 1. The van der Waals surface area contributed by atoms with Crippen LogP contribution in [-0.2, 0) is 17.8 Å². The van der Waals surface area contributed by atoms with Crippen LogP contribution in [0.2, 0.25) is 0 Å². The molecule has 0 spiro atoms. The second kappa shape index (κ2) is 7.12. The summed E-state index contributed by atoms with van der Waals surface area (Å²) < 4.78 is 8.02. The predicted octanol–water partition coefficient (Wildman–Crippen LogP) is 1.19. The van der Waals surface area contributed by atoms with Gasteiger partial charge in [-0.25, -0.2) is 4.98 Å². The fraction of sp³-hybridized carbons (Fsp3) is 0.833. The van der Waals surface area contributed by atoms with Crippen LogP contribution in [0.25, 0.3) is 0 Å². The summed E-state index contributed by atoms with van der Waals surface area (Å²) in [7, 11) is 2.21. The summed E-state index contributed by atoms with van der Waals surface area (Å²) in [4.78, 5) is 12.5. The summed E-state index contributed by atoms with van der Waals surface area (Å²) in [5.74, 6) is 1.26. The minimum absolute atomic E-state index is 0.420. The Bertz CT molecular complexity index is 546. The number of likely N-dealkylation sites (N-methyl/N-ethyl adjacent to an activating group) is 1. The second-order valence-corrected chi connectivity index (χ2v) is 7.60. The molecule has 134 valence electrons. The van der Waals surface area contributed by atoms with Crippen LogP contribution in [0.4, 0.5) is 0 Å². The number of hydrogen-bond acceptors (Lipinski definition) is 5. The van der Waals surface area contributed by atoms with Gasteiger partial charge in [0.25, 0.3) is 0 Å². The fourth-order valence-electron chi connectivity index (χ4n) is 4.45. The normalized spacial score (nSPS) is 28.2. The topological polar surface area (TPSA) is 36.8 Å². The Hall–Kier alpha value is -0.950. The first-order valence-electron chi connectivity index (χ1n) is 9.51. The second-order valence-electron chi connectivity index (χ2n) is 7.60. The summed E-state index contributed by atoms with van der Waals surface area (Å²) in [5, 5.41) is 0. The molecule has 4 heterocycles. The summed E-state index contributed by atoms with van der Waals surface area (Å²) in [6, 6.07) is 1.09. The Morgan fingerprint density at radius 1 is 1.08 bits per heavy atom. The SMILES string of the molecule is C[C@@H]1c2ncc(CN3CCN(C)CC3)n2CCN1C1CCOCC1. The summed E-state index contributed by atoms with van der Waals surface area (Å²) >= 11 is 0. The highest BCUT2D eigenvalue weighted by molar-refractivity contribution is 5.12. The van der Waals surface area contributed by atoms with E-state index in [0.29, 0.717) is 12.1 Å². The smallest absolute Gasteiger partial charge is 0.126 e. The van der Waals surface area contributed by atoms with Crippen molar-refractivity contribution in [1.82, 2.24) is 24.3 Å². The summed E-state index contributed by atoms with van der Waals surface area (Å²) in [5.41, 5.74) is 1.40. The first-order valence-corrected chi connectivity index (χ1v) is 9.51. The average molecular weight is 333 g/mol. The van der Waals surface area contributed by atoms with E-state index in [1.165, 1.54) is 50.5 Å². The van der Waals surface area contributed by atoms with Gasteiger partial charge in [-0.1, -0.05) is 0 Å². The number of imidazole rings is 1. The van der Waals surface area contributed by atoms with E-state index in [1.54, 1.807) is 0 Å². The largest absolute Gasteiger partial charge is 0.381 e. The van der Waals surface area contributed by atoms with E-state index in [9.17, 15) is 0 Å². The maximum Gasteiger partial charge on any atom is 0.126 e. The lowest BCUT2D eigenvalue weighted by atomic mass is 10.0. The van der Waals surface area contributed by atoms with Crippen molar-refractivity contribution in [3.8, 4) is 0 Å². The molecule has 0 radical (unpaired) electrons. The molecule has 1 aromatic rings. The minimum atomic E-state index is 0.420. The van der Waals surface area contributed by atoms with Gasteiger partial charge in [0.1, 0.15) is 5.82 Å². The Morgan fingerprint density at radius 3 is 2.58 bits per heavy atom. The first-order chi connectivity index (χ1) is 11.7. The van der Waals surface area contributed by atoms with Gasteiger partial charge in [-0.2, -0.15) is 0 Å². The molecule has 1 atom stereocenters. The molecular formula is C18H31N5O. The van der Waals surface area contributed by atoms with E-state index in [1.807, 2.05) is 0 Å². The molecule has 0 amide bonds. The third-order valence-electron chi connectivity index (χ3n) is 6.06. The van der Waals surface area contributed by atoms with Gasteiger partial charge in [-0.05, 0) is 26.8 Å². The van der Waals surface area contributed by atoms with Gasteiger partial charge in [0.05, 0.1) is 11.7 Å². The lowest BCUT2D eigenvalue weighted by Crippen LogP contribution is -2.47. The standard InChI is InChI=1S/C18H31N5O/c1-15-18-19-13-17(14-21-7-5-20(2)6-8-21)23(18)10-9-22(15)16-3-11-24-12-4-16/h13,15-16H,3-12,14H2,1-2H3/t15-/m1/s1. The predicted molar refractivity (Wildman–Crippen MR) is 94.0 cm³/mol. The van der Waals surface area contributed by atoms with Crippen LogP contribution in [0.5, 0.6) is 0 Å². The Kier molecular flexibility index (Phi) is 4.90. The van der Waals surface area contributed by atoms with Crippen molar-refractivity contribution in [1.29, 1.82) is 0 Å². The zero-order valence-corrected chi connectivity index (χ0v) is 15.2. The maximum absolute atomic E-state index is 5.54. The molecule has 2 fully saturated rings. The van der Waals surface area contributed by atoms with Crippen molar-refractivity contribution in [2.24, 2.45) is 0 Å². The minimum Gasteiger partial charge on any atom is -0.381 e. The molecule has 3 aliphatic rings. The molecule has 0 N–H and O–H groups in total. The highest BCUT2D eigenvalue weighted by atomic mass is 16.5. The van der Waals surface area contributed by atoms with Gasteiger partial charge in [-0.15, -0.1) is 0 Å². The summed E-state index contributed by atoms with van der Waals surface area (Å²) in [6.07, 6.45) is 4.45. The monoisotopic (exact) mass is 333 g/mol. The molecule has 0 aromatic carbocycles. The average Bonchev–Trinajstić information content (AvgIpc) is 3.02. The molecule has 6 heteroatoms. The van der Waals surface area contributed by atoms with Crippen LogP contribution in [0.1, 0.15) is 37.3 Å². The lowest BCUT2D eigenvalue weighted by Gasteiger charge is -2.41. The molecule has 6 nitrogen and oxygen atoms in total. The Morgan fingerprint density at radius 2 is 1.83 bits per heavy atom. The van der Waals surface area contributed by atoms with Gasteiger partial charge in [0, 0.05) is 71.3 Å². The quantitative estimate of drug-likeness (QED) is 0.830. The molecule has 2 saturated heterocycles. The van der Waals surface area contributed by atoms with E-state index in [-0.39, 0.29) is 0 Å². The number of aromatic nitrogens is 2. The van der Waals surface area contributed by atoms with Crippen molar-refractivity contribution in [2.45, 2.75) is 44.9 Å². The van der Waals surface area contributed by atoms with E-state index < -0.39 is 0 Å². The van der Waals surface area contributed by atoms with Gasteiger partial charge in [-0.3, -0.25) is 9.80 Å². The highest BCUT2D eigenvalue weighted by Crippen LogP contribution is 2.30. The van der Waals surface area contributed by atoms with Crippen LogP contribution in [0, 0.1) is 0 Å². The third kappa shape index (κ3) is 3.25. The van der Waals surface area contributed by atoms with Crippen molar-refractivity contribution < 1.29 is 4.74 Å². The van der Waals surface area contributed by atoms with Gasteiger partial charge < -0.3 is 14.2 Å². The van der Waals surface area contributed by atoms with Gasteiger partial charge in [0.15, 0.2) is 0 Å². The Labute approximate surface area is 145 Å². The van der Waals surface area contributed by atoms with Crippen LogP contribution >= 0.6 is 0 Å². The number of ether oxygens (including phenoxy) is 1. The van der Waals surface area contributed by atoms with Crippen LogP contribution in [0.3, 0.4) is 0 Å². The molecule has 3 aliphatic heterocycles.